The van der Waals surface area contributed by atoms with Gasteiger partial charge in [-0.05, 0) is 18.1 Å². The van der Waals surface area contributed by atoms with Gasteiger partial charge in [0.05, 0.1) is 5.88 Å². The van der Waals surface area contributed by atoms with E-state index in [4.69, 9.17) is 16.3 Å². The summed E-state index contributed by atoms with van der Waals surface area (Å²) in [7, 11) is 0. The van der Waals surface area contributed by atoms with Crippen molar-refractivity contribution in [1.82, 2.24) is 0 Å². The van der Waals surface area contributed by atoms with Crippen molar-refractivity contribution >= 4 is 11.6 Å². The Balaban J connectivity index is 2.68. The number of aryl methyl sites for hydroxylation is 1. The normalized spacial score (nSPS) is 9.83. The second-order valence-corrected chi connectivity index (χ2v) is 2.88. The summed E-state index contributed by atoms with van der Waals surface area (Å²) in [5.41, 5.74) is 1.24. The molecule has 0 atom stereocenters. The van der Waals surface area contributed by atoms with E-state index in [2.05, 4.69) is 13.0 Å². The minimum Gasteiger partial charge on any atom is -0.492 e. The first-order chi connectivity index (χ1) is 5.88. The zero-order valence-electron chi connectivity index (χ0n) is 7.22. The van der Waals surface area contributed by atoms with E-state index in [1.165, 1.54) is 5.56 Å². The highest BCUT2D eigenvalue weighted by Crippen LogP contribution is 2.17. The van der Waals surface area contributed by atoms with Crippen molar-refractivity contribution in [2.24, 2.45) is 0 Å². The third-order valence-corrected chi connectivity index (χ3v) is 1.84. The zero-order valence-corrected chi connectivity index (χ0v) is 7.97. The predicted octanol–water partition coefficient (Wildman–Crippen LogP) is 2.87. The molecule has 0 N–H and O–H groups in total. The van der Waals surface area contributed by atoms with Gasteiger partial charge in [-0.3, -0.25) is 0 Å². The molecule has 1 nitrogen and oxygen atoms in total. The molecule has 0 radical (unpaired) electrons. The van der Waals surface area contributed by atoms with Gasteiger partial charge in [-0.2, -0.15) is 0 Å². The number of para-hydroxylation sites is 1. The molecular weight excluding hydrogens is 172 g/mol. The Kier molecular flexibility index (Phi) is 3.95. The smallest absolute Gasteiger partial charge is 0.122 e. The van der Waals surface area contributed by atoms with Crippen molar-refractivity contribution in [3.63, 3.8) is 0 Å². The Hall–Kier alpha value is -0.690. The van der Waals surface area contributed by atoms with Crippen LogP contribution in [0.15, 0.2) is 24.3 Å². The van der Waals surface area contributed by atoms with Crippen LogP contribution in [0, 0.1) is 0 Å². The lowest BCUT2D eigenvalue weighted by Crippen LogP contribution is -2.00. The van der Waals surface area contributed by atoms with E-state index in [-0.39, 0.29) is 0 Å². The molecule has 0 saturated carbocycles. The van der Waals surface area contributed by atoms with E-state index in [1.807, 2.05) is 18.2 Å². The Morgan fingerprint density at radius 2 is 2.08 bits per heavy atom. The lowest BCUT2D eigenvalue weighted by atomic mass is 10.1. The van der Waals surface area contributed by atoms with Crippen LogP contribution in [0.3, 0.4) is 0 Å². The summed E-state index contributed by atoms with van der Waals surface area (Å²) in [5.74, 6) is 1.50. The monoisotopic (exact) mass is 184 g/mol. The third kappa shape index (κ3) is 2.42. The summed E-state index contributed by atoms with van der Waals surface area (Å²) in [6.45, 7) is 2.70. The van der Waals surface area contributed by atoms with Gasteiger partial charge in [0.2, 0.25) is 0 Å². The largest absolute Gasteiger partial charge is 0.492 e. The maximum Gasteiger partial charge on any atom is 0.122 e. The van der Waals surface area contributed by atoms with Crippen LogP contribution in [-0.2, 0) is 6.42 Å². The van der Waals surface area contributed by atoms with Crippen LogP contribution in [0.4, 0.5) is 0 Å². The Morgan fingerprint density at radius 3 is 2.75 bits per heavy atom. The highest BCUT2D eigenvalue weighted by Gasteiger charge is 1.98. The molecule has 1 aromatic rings. The summed E-state index contributed by atoms with van der Waals surface area (Å²) >= 11 is 5.52. The Bertz CT molecular complexity index is 235. The lowest BCUT2D eigenvalue weighted by Gasteiger charge is -2.07. The standard InChI is InChI=1S/C10H13ClO/c1-2-9-5-3-4-6-10(9)12-8-7-11/h3-6H,2,7-8H2,1H3. The number of ether oxygens (including phenoxy) is 1. The lowest BCUT2D eigenvalue weighted by molar-refractivity contribution is 0.339. The quantitative estimate of drug-likeness (QED) is 0.654. The van der Waals surface area contributed by atoms with E-state index >= 15 is 0 Å². The van der Waals surface area contributed by atoms with Gasteiger partial charge in [0.15, 0.2) is 0 Å². The van der Waals surface area contributed by atoms with Crippen LogP contribution in [0.1, 0.15) is 12.5 Å². The number of hydrogen-bond acceptors (Lipinski definition) is 1. The van der Waals surface area contributed by atoms with Gasteiger partial charge in [-0.1, -0.05) is 25.1 Å². The Labute approximate surface area is 78.3 Å². The second kappa shape index (κ2) is 5.04. The number of halogens is 1. The molecule has 0 spiro atoms. The van der Waals surface area contributed by atoms with Crippen LogP contribution in [-0.4, -0.2) is 12.5 Å². The van der Waals surface area contributed by atoms with Crippen molar-refractivity contribution in [2.45, 2.75) is 13.3 Å². The highest BCUT2D eigenvalue weighted by molar-refractivity contribution is 6.18. The fraction of sp³-hybridized carbons (Fsp3) is 0.400. The molecule has 0 aliphatic rings. The van der Waals surface area contributed by atoms with Crippen LogP contribution in [0.25, 0.3) is 0 Å². The van der Waals surface area contributed by atoms with Gasteiger partial charge in [0, 0.05) is 0 Å². The number of hydrogen-bond donors (Lipinski definition) is 0. The summed E-state index contributed by atoms with van der Waals surface area (Å²) in [4.78, 5) is 0. The fourth-order valence-corrected chi connectivity index (χ4v) is 1.16. The average molecular weight is 185 g/mol. The molecule has 66 valence electrons. The summed E-state index contributed by atoms with van der Waals surface area (Å²) in [6, 6.07) is 8.05. The van der Waals surface area contributed by atoms with Gasteiger partial charge < -0.3 is 4.74 Å². The van der Waals surface area contributed by atoms with E-state index in [0.717, 1.165) is 12.2 Å². The van der Waals surface area contributed by atoms with Crippen LogP contribution < -0.4 is 4.74 Å². The average Bonchev–Trinajstić information content (AvgIpc) is 2.15. The Morgan fingerprint density at radius 1 is 1.33 bits per heavy atom. The molecule has 0 bridgehead atoms. The minimum absolute atomic E-state index is 0.540. The summed E-state index contributed by atoms with van der Waals surface area (Å²) in [6.07, 6.45) is 0.998. The fourth-order valence-electron chi connectivity index (χ4n) is 1.09. The van der Waals surface area contributed by atoms with Crippen molar-refractivity contribution in [1.29, 1.82) is 0 Å². The number of benzene rings is 1. The van der Waals surface area contributed by atoms with Crippen molar-refractivity contribution in [2.75, 3.05) is 12.5 Å². The molecular formula is C10H13ClO. The topological polar surface area (TPSA) is 9.23 Å². The maximum atomic E-state index is 5.52. The van der Waals surface area contributed by atoms with E-state index in [0.29, 0.717) is 12.5 Å². The van der Waals surface area contributed by atoms with E-state index in [1.54, 1.807) is 0 Å². The molecule has 1 aromatic carbocycles. The summed E-state index contributed by atoms with van der Waals surface area (Å²) in [5, 5.41) is 0. The first-order valence-electron chi connectivity index (χ1n) is 4.15. The molecule has 0 aliphatic carbocycles. The molecule has 0 heterocycles. The first kappa shape index (κ1) is 9.40. The van der Waals surface area contributed by atoms with Crippen LogP contribution in [0.5, 0.6) is 5.75 Å². The van der Waals surface area contributed by atoms with E-state index in [9.17, 15) is 0 Å². The number of alkyl halides is 1. The molecule has 0 aromatic heterocycles. The highest BCUT2D eigenvalue weighted by atomic mass is 35.5. The molecule has 0 fully saturated rings. The zero-order chi connectivity index (χ0) is 8.81. The van der Waals surface area contributed by atoms with Crippen LogP contribution >= 0.6 is 11.6 Å². The summed E-state index contributed by atoms with van der Waals surface area (Å²) < 4.78 is 5.45. The van der Waals surface area contributed by atoms with Crippen molar-refractivity contribution < 1.29 is 4.74 Å². The minimum atomic E-state index is 0.540. The van der Waals surface area contributed by atoms with Crippen molar-refractivity contribution in [3.8, 4) is 5.75 Å². The maximum absolute atomic E-state index is 5.52. The second-order valence-electron chi connectivity index (χ2n) is 2.50. The van der Waals surface area contributed by atoms with Gasteiger partial charge in [-0.25, -0.2) is 0 Å². The van der Waals surface area contributed by atoms with Gasteiger partial charge >= 0.3 is 0 Å². The molecule has 12 heavy (non-hydrogen) atoms. The molecule has 0 unspecified atom stereocenters. The molecule has 0 aliphatic heterocycles. The third-order valence-electron chi connectivity index (χ3n) is 1.69. The van der Waals surface area contributed by atoms with Crippen LogP contribution in [0.2, 0.25) is 0 Å². The van der Waals surface area contributed by atoms with Crippen molar-refractivity contribution in [3.05, 3.63) is 29.8 Å². The molecule has 0 saturated heterocycles. The first-order valence-corrected chi connectivity index (χ1v) is 4.68. The molecule has 2 heteroatoms. The van der Waals surface area contributed by atoms with E-state index < -0.39 is 0 Å². The predicted molar refractivity (Wildman–Crippen MR) is 52.0 cm³/mol. The SMILES string of the molecule is CCc1ccccc1OCCCl. The van der Waals surface area contributed by atoms with Gasteiger partial charge in [-0.15, -0.1) is 11.6 Å². The molecule has 1 rings (SSSR count). The number of rotatable bonds is 4. The van der Waals surface area contributed by atoms with Gasteiger partial charge in [0.25, 0.3) is 0 Å². The molecule has 0 amide bonds. The van der Waals surface area contributed by atoms with Gasteiger partial charge in [0.1, 0.15) is 12.4 Å².